The number of aliphatic hydroxyl groups excluding tert-OH is 5. The van der Waals surface area contributed by atoms with E-state index in [1.165, 1.54) is 13.0 Å². The Kier molecular flexibility index (Phi) is 13.0. The highest BCUT2D eigenvalue weighted by Gasteiger charge is 2.45. The van der Waals surface area contributed by atoms with Crippen molar-refractivity contribution in [1.82, 2.24) is 0 Å². The van der Waals surface area contributed by atoms with E-state index in [4.69, 9.17) is 14.6 Å². The van der Waals surface area contributed by atoms with Crippen LogP contribution in [0.3, 0.4) is 0 Å². The number of carboxylic acid groups (broad SMARTS) is 1. The number of carboxylic acids is 1. The van der Waals surface area contributed by atoms with Crippen LogP contribution in [0.2, 0.25) is 0 Å². The van der Waals surface area contributed by atoms with Crippen LogP contribution in [0.5, 0.6) is 0 Å². The number of aliphatic hydroxyl groups is 5. The van der Waals surface area contributed by atoms with Crippen LogP contribution >= 0.6 is 0 Å². The van der Waals surface area contributed by atoms with Crippen LogP contribution in [0.15, 0.2) is 47.6 Å². The predicted molar refractivity (Wildman–Crippen MR) is 131 cm³/mol. The number of hydrogen-bond acceptors (Lipinski definition) is 8. The fourth-order valence-electron chi connectivity index (χ4n) is 3.72. The Labute approximate surface area is 207 Å². The SMILES string of the molecule is C=CC(C)(CCC=C(C)CCC=C(C)CC(O)C=C(C)C(=O)O)O[C@@H]1O[C@H](CO)[C@@H](O)[C@H](O)[C@H]1O. The maximum atomic E-state index is 10.8. The lowest BCUT2D eigenvalue weighted by Crippen LogP contribution is -2.60. The fraction of sp³-hybridized carbons (Fsp3) is 0.654. The molecule has 0 aliphatic carbocycles. The van der Waals surface area contributed by atoms with Gasteiger partial charge in [0.15, 0.2) is 6.29 Å². The molecule has 0 aromatic rings. The molecule has 0 aromatic heterocycles. The van der Waals surface area contributed by atoms with E-state index >= 15 is 0 Å². The first-order valence-corrected chi connectivity index (χ1v) is 11.9. The summed E-state index contributed by atoms with van der Waals surface area (Å²) in [6.07, 6.45) is 2.68. The summed E-state index contributed by atoms with van der Waals surface area (Å²) in [7, 11) is 0. The van der Waals surface area contributed by atoms with Gasteiger partial charge in [0.2, 0.25) is 0 Å². The van der Waals surface area contributed by atoms with Crippen LogP contribution in [0.25, 0.3) is 0 Å². The molecule has 200 valence electrons. The molecule has 9 nitrogen and oxygen atoms in total. The molecule has 1 heterocycles. The van der Waals surface area contributed by atoms with Crippen LogP contribution in [0.1, 0.15) is 59.8 Å². The van der Waals surface area contributed by atoms with Crippen molar-refractivity contribution in [2.75, 3.05) is 6.61 Å². The average Bonchev–Trinajstić information content (AvgIpc) is 2.79. The number of rotatable bonds is 14. The zero-order valence-corrected chi connectivity index (χ0v) is 21.1. The molecule has 7 atom stereocenters. The van der Waals surface area contributed by atoms with Gasteiger partial charge in [-0.3, -0.25) is 0 Å². The topological polar surface area (TPSA) is 157 Å². The van der Waals surface area contributed by atoms with Gasteiger partial charge in [-0.05, 0) is 65.9 Å². The Morgan fingerprint density at radius 1 is 1.09 bits per heavy atom. The van der Waals surface area contributed by atoms with Crippen molar-refractivity contribution >= 4 is 5.97 Å². The molecule has 1 fully saturated rings. The van der Waals surface area contributed by atoms with Gasteiger partial charge >= 0.3 is 5.97 Å². The molecule has 2 unspecified atom stereocenters. The molecule has 1 saturated heterocycles. The first-order valence-electron chi connectivity index (χ1n) is 11.9. The molecule has 1 rings (SSSR count). The molecule has 1 aliphatic rings. The number of aliphatic carboxylic acids is 1. The maximum Gasteiger partial charge on any atom is 0.331 e. The highest BCUT2D eigenvalue weighted by atomic mass is 16.7. The largest absolute Gasteiger partial charge is 0.478 e. The van der Waals surface area contributed by atoms with Crippen molar-refractivity contribution in [2.24, 2.45) is 0 Å². The summed E-state index contributed by atoms with van der Waals surface area (Å²) in [6.45, 7) is 10.4. The lowest BCUT2D eigenvalue weighted by molar-refractivity contribution is -0.319. The lowest BCUT2D eigenvalue weighted by atomic mass is 9.96. The second-order valence-electron chi connectivity index (χ2n) is 9.44. The van der Waals surface area contributed by atoms with Gasteiger partial charge in [-0.1, -0.05) is 29.4 Å². The smallest absolute Gasteiger partial charge is 0.331 e. The van der Waals surface area contributed by atoms with Crippen molar-refractivity contribution in [3.8, 4) is 0 Å². The predicted octanol–water partition coefficient (Wildman–Crippen LogP) is 1.98. The van der Waals surface area contributed by atoms with Crippen molar-refractivity contribution < 1.29 is 44.9 Å². The monoisotopic (exact) mass is 498 g/mol. The first kappa shape index (κ1) is 31.2. The summed E-state index contributed by atoms with van der Waals surface area (Å²) in [5.41, 5.74) is 1.38. The normalized spacial score (nSPS) is 28.9. The summed E-state index contributed by atoms with van der Waals surface area (Å²) in [6, 6.07) is 0. The van der Waals surface area contributed by atoms with Crippen LogP contribution < -0.4 is 0 Å². The molecular weight excluding hydrogens is 456 g/mol. The second kappa shape index (κ2) is 14.6. The molecule has 9 heteroatoms. The lowest BCUT2D eigenvalue weighted by Gasteiger charge is -2.42. The molecule has 0 aromatic carbocycles. The Hall–Kier alpha value is -1.85. The Morgan fingerprint density at radius 2 is 1.71 bits per heavy atom. The van der Waals surface area contributed by atoms with Crippen LogP contribution in [-0.4, -0.2) is 85.6 Å². The number of hydrogen-bond donors (Lipinski definition) is 6. The number of allylic oxidation sites excluding steroid dienone is 3. The average molecular weight is 499 g/mol. The van der Waals surface area contributed by atoms with Crippen molar-refractivity contribution in [2.45, 2.75) is 102 Å². The third kappa shape index (κ3) is 10.3. The Balaban J connectivity index is 2.57. The fourth-order valence-corrected chi connectivity index (χ4v) is 3.72. The molecular formula is C26H42O9. The van der Waals surface area contributed by atoms with Crippen molar-refractivity contribution in [1.29, 1.82) is 0 Å². The minimum Gasteiger partial charge on any atom is -0.478 e. The quantitative estimate of drug-likeness (QED) is 0.156. The maximum absolute atomic E-state index is 10.8. The van der Waals surface area contributed by atoms with Crippen LogP contribution in [0.4, 0.5) is 0 Å². The van der Waals surface area contributed by atoms with E-state index in [0.29, 0.717) is 19.3 Å². The summed E-state index contributed by atoms with van der Waals surface area (Å²) in [5.74, 6) is -1.04. The molecule has 0 amide bonds. The van der Waals surface area contributed by atoms with Gasteiger partial charge in [0.05, 0.1) is 18.3 Å². The van der Waals surface area contributed by atoms with Crippen LogP contribution in [-0.2, 0) is 14.3 Å². The summed E-state index contributed by atoms with van der Waals surface area (Å²) >= 11 is 0. The minimum atomic E-state index is -1.50. The Bertz CT molecular complexity index is 786. The molecule has 0 spiro atoms. The van der Waals surface area contributed by atoms with Crippen molar-refractivity contribution in [3.05, 3.63) is 47.6 Å². The van der Waals surface area contributed by atoms with Gasteiger partial charge in [0.1, 0.15) is 24.4 Å². The molecule has 0 bridgehead atoms. The Morgan fingerprint density at radius 3 is 2.29 bits per heavy atom. The van der Waals surface area contributed by atoms with Gasteiger partial charge in [-0.2, -0.15) is 0 Å². The van der Waals surface area contributed by atoms with E-state index in [1.54, 1.807) is 13.0 Å². The minimum absolute atomic E-state index is 0.117. The van der Waals surface area contributed by atoms with Crippen molar-refractivity contribution in [3.63, 3.8) is 0 Å². The van der Waals surface area contributed by atoms with Gasteiger partial charge in [-0.25, -0.2) is 4.79 Å². The van der Waals surface area contributed by atoms with E-state index in [0.717, 1.165) is 24.0 Å². The third-order valence-corrected chi connectivity index (χ3v) is 6.14. The van der Waals surface area contributed by atoms with E-state index in [-0.39, 0.29) is 5.57 Å². The number of carbonyl (C=O) groups is 1. The summed E-state index contributed by atoms with van der Waals surface area (Å²) < 4.78 is 11.3. The molecule has 0 saturated carbocycles. The standard InChI is InChI=1S/C26H42O9/c1-6-26(5,35-25-23(31)22(30)21(29)20(15-27)34-25)12-8-11-16(2)9-7-10-17(3)13-19(28)14-18(4)24(32)33/h6,10-11,14,19-23,25,27-31H,1,7-9,12-13,15H2,2-5H3,(H,32,33)/t19?,20-,21-,22+,23-,25+,26?/m1/s1. The summed E-state index contributed by atoms with van der Waals surface area (Å²) in [4.78, 5) is 10.8. The molecule has 1 aliphatic heterocycles. The van der Waals surface area contributed by atoms with Gasteiger partial charge in [-0.15, -0.1) is 6.58 Å². The highest BCUT2D eigenvalue weighted by Crippen LogP contribution is 2.29. The zero-order valence-electron chi connectivity index (χ0n) is 21.1. The number of ether oxygens (including phenoxy) is 2. The zero-order chi connectivity index (χ0) is 26.8. The molecule has 35 heavy (non-hydrogen) atoms. The van der Waals surface area contributed by atoms with E-state index < -0.39 is 55.0 Å². The highest BCUT2D eigenvalue weighted by molar-refractivity contribution is 5.85. The first-order chi connectivity index (χ1) is 16.3. The van der Waals surface area contributed by atoms with Gasteiger partial charge in [0.25, 0.3) is 0 Å². The van der Waals surface area contributed by atoms with Gasteiger partial charge < -0.3 is 40.1 Å². The van der Waals surface area contributed by atoms with E-state index in [2.05, 4.69) is 12.7 Å². The second-order valence-corrected chi connectivity index (χ2v) is 9.44. The van der Waals surface area contributed by atoms with Gasteiger partial charge in [0, 0.05) is 5.57 Å². The summed E-state index contributed by atoms with van der Waals surface area (Å²) in [5, 5.41) is 58.3. The molecule has 6 N–H and O–H groups in total. The molecule has 0 radical (unpaired) electrons. The van der Waals surface area contributed by atoms with E-state index in [9.17, 15) is 30.3 Å². The van der Waals surface area contributed by atoms with Crippen LogP contribution in [0, 0.1) is 0 Å². The third-order valence-electron chi connectivity index (χ3n) is 6.14. The van der Waals surface area contributed by atoms with E-state index in [1.807, 2.05) is 19.9 Å².